The number of aliphatic carboxylic acids is 1. The van der Waals surface area contributed by atoms with Crippen LogP contribution < -0.4 is 5.32 Å². The van der Waals surface area contributed by atoms with Gasteiger partial charge in [-0.3, -0.25) is 9.59 Å². The van der Waals surface area contributed by atoms with E-state index in [1.165, 1.54) is 4.57 Å². The van der Waals surface area contributed by atoms with Crippen molar-refractivity contribution >= 4 is 33.5 Å². The molecule has 2 N–H and O–H groups in total. The van der Waals surface area contributed by atoms with Gasteiger partial charge in [0.1, 0.15) is 12.2 Å². The maximum Gasteiger partial charge on any atom is 0.323 e. The van der Waals surface area contributed by atoms with Crippen molar-refractivity contribution in [1.82, 2.24) is 4.57 Å². The van der Waals surface area contributed by atoms with Crippen LogP contribution in [0.1, 0.15) is 16.1 Å². The molecule has 20 heavy (non-hydrogen) atoms. The van der Waals surface area contributed by atoms with E-state index >= 15 is 0 Å². The third-order valence-electron chi connectivity index (χ3n) is 2.81. The number of carboxylic acid groups (broad SMARTS) is 1. The summed E-state index contributed by atoms with van der Waals surface area (Å²) in [4.78, 5) is 22.9. The van der Waals surface area contributed by atoms with Crippen molar-refractivity contribution in [3.63, 3.8) is 0 Å². The third kappa shape index (κ3) is 3.08. The lowest BCUT2D eigenvalue weighted by Crippen LogP contribution is -2.19. The number of aromatic nitrogens is 1. The molecule has 0 unspecified atom stereocenters. The summed E-state index contributed by atoms with van der Waals surface area (Å²) in [7, 11) is 0. The van der Waals surface area contributed by atoms with Crippen molar-refractivity contribution in [1.29, 1.82) is 0 Å². The van der Waals surface area contributed by atoms with E-state index < -0.39 is 5.97 Å². The summed E-state index contributed by atoms with van der Waals surface area (Å²) in [5.41, 5.74) is 1.96. The Kier molecular flexibility index (Phi) is 4.24. The van der Waals surface area contributed by atoms with Crippen LogP contribution in [-0.4, -0.2) is 21.6 Å². The van der Waals surface area contributed by atoms with Gasteiger partial charge in [0, 0.05) is 10.7 Å². The Labute approximate surface area is 124 Å². The van der Waals surface area contributed by atoms with Crippen molar-refractivity contribution in [2.75, 3.05) is 5.32 Å². The molecule has 1 aromatic heterocycles. The smallest absolute Gasteiger partial charge is 0.323 e. The molecule has 0 radical (unpaired) electrons. The normalized spacial score (nSPS) is 10.3. The van der Waals surface area contributed by atoms with Crippen LogP contribution in [0, 0.1) is 6.92 Å². The van der Waals surface area contributed by atoms with E-state index in [9.17, 15) is 9.59 Å². The van der Waals surface area contributed by atoms with Gasteiger partial charge in [0.2, 0.25) is 0 Å². The standard InChI is InChI=1S/C14H13BrN2O3/c1-9-4-2-5-10(13(9)15)16-14(20)11-6-3-7-17(11)8-12(18)19/h2-7H,8H2,1H3,(H,16,20)(H,18,19). The number of carboxylic acids is 1. The van der Waals surface area contributed by atoms with Gasteiger partial charge in [0.25, 0.3) is 5.91 Å². The van der Waals surface area contributed by atoms with Crippen molar-refractivity contribution in [3.8, 4) is 0 Å². The predicted octanol–water partition coefficient (Wildman–Crippen LogP) is 2.90. The van der Waals surface area contributed by atoms with Crippen LogP contribution in [0.5, 0.6) is 0 Å². The second-order valence-corrected chi connectivity index (χ2v) is 5.10. The first-order chi connectivity index (χ1) is 9.49. The number of nitrogens with zero attached hydrogens (tertiary/aromatic N) is 1. The fourth-order valence-corrected chi connectivity index (χ4v) is 2.20. The van der Waals surface area contributed by atoms with Gasteiger partial charge < -0.3 is 15.0 Å². The van der Waals surface area contributed by atoms with Crippen LogP contribution in [0.4, 0.5) is 5.69 Å². The lowest BCUT2D eigenvalue weighted by Gasteiger charge is -2.10. The van der Waals surface area contributed by atoms with E-state index in [0.29, 0.717) is 11.4 Å². The van der Waals surface area contributed by atoms with E-state index in [1.54, 1.807) is 24.4 Å². The lowest BCUT2D eigenvalue weighted by atomic mass is 10.2. The average molecular weight is 337 g/mol. The zero-order valence-electron chi connectivity index (χ0n) is 10.8. The molecule has 2 rings (SSSR count). The number of anilines is 1. The van der Waals surface area contributed by atoms with Crippen molar-refractivity contribution in [2.45, 2.75) is 13.5 Å². The monoisotopic (exact) mass is 336 g/mol. The summed E-state index contributed by atoms with van der Waals surface area (Å²) in [6.07, 6.45) is 1.56. The second kappa shape index (κ2) is 5.92. The van der Waals surface area contributed by atoms with E-state index in [0.717, 1.165) is 10.0 Å². The molecule has 104 valence electrons. The van der Waals surface area contributed by atoms with E-state index in [-0.39, 0.29) is 12.5 Å². The SMILES string of the molecule is Cc1cccc(NC(=O)c2cccn2CC(=O)O)c1Br. The maximum atomic E-state index is 12.2. The number of carbonyl (C=O) groups is 2. The highest BCUT2D eigenvalue weighted by molar-refractivity contribution is 9.10. The van der Waals surface area contributed by atoms with Gasteiger partial charge in [-0.1, -0.05) is 12.1 Å². The third-order valence-corrected chi connectivity index (χ3v) is 3.86. The molecule has 1 aromatic carbocycles. The maximum absolute atomic E-state index is 12.2. The summed E-state index contributed by atoms with van der Waals surface area (Å²) in [6, 6.07) is 8.77. The Morgan fingerprint density at radius 1 is 1.30 bits per heavy atom. The van der Waals surface area contributed by atoms with Crippen LogP contribution in [0.2, 0.25) is 0 Å². The summed E-state index contributed by atoms with van der Waals surface area (Å²) in [6.45, 7) is 1.68. The van der Waals surface area contributed by atoms with E-state index in [2.05, 4.69) is 21.2 Å². The first-order valence-corrected chi connectivity index (χ1v) is 6.71. The number of carbonyl (C=O) groups excluding carboxylic acids is 1. The summed E-state index contributed by atoms with van der Waals surface area (Å²) >= 11 is 3.42. The lowest BCUT2D eigenvalue weighted by molar-refractivity contribution is -0.137. The Morgan fingerprint density at radius 2 is 2.05 bits per heavy atom. The number of benzene rings is 1. The van der Waals surface area contributed by atoms with E-state index in [1.807, 2.05) is 19.1 Å². The Morgan fingerprint density at radius 3 is 2.75 bits per heavy atom. The molecule has 0 fully saturated rings. The van der Waals surface area contributed by atoms with Gasteiger partial charge >= 0.3 is 5.97 Å². The molecule has 0 spiro atoms. The number of hydrogen-bond acceptors (Lipinski definition) is 2. The molecule has 0 saturated carbocycles. The molecule has 0 aliphatic carbocycles. The highest BCUT2D eigenvalue weighted by Crippen LogP contribution is 2.26. The molecular formula is C14H13BrN2O3. The van der Waals surface area contributed by atoms with Crippen LogP contribution in [0.15, 0.2) is 41.0 Å². The molecule has 1 amide bonds. The number of amides is 1. The molecule has 5 nitrogen and oxygen atoms in total. The number of aryl methyl sites for hydroxylation is 1. The Balaban J connectivity index is 2.22. The number of rotatable bonds is 4. The van der Waals surface area contributed by atoms with Crippen LogP contribution in [0.3, 0.4) is 0 Å². The van der Waals surface area contributed by atoms with Crippen LogP contribution >= 0.6 is 15.9 Å². The minimum atomic E-state index is -0.994. The second-order valence-electron chi connectivity index (χ2n) is 4.31. The van der Waals surface area contributed by atoms with Crippen molar-refractivity contribution < 1.29 is 14.7 Å². The average Bonchev–Trinajstić information content (AvgIpc) is 2.82. The molecule has 6 heteroatoms. The zero-order chi connectivity index (χ0) is 14.7. The van der Waals surface area contributed by atoms with Gasteiger partial charge in [-0.15, -0.1) is 0 Å². The largest absolute Gasteiger partial charge is 0.480 e. The Hall–Kier alpha value is -2.08. The van der Waals surface area contributed by atoms with Gasteiger partial charge in [0.05, 0.1) is 5.69 Å². The quantitative estimate of drug-likeness (QED) is 0.901. The minimum absolute atomic E-state index is 0.245. The van der Waals surface area contributed by atoms with Crippen molar-refractivity contribution in [3.05, 3.63) is 52.3 Å². The van der Waals surface area contributed by atoms with E-state index in [4.69, 9.17) is 5.11 Å². The molecule has 2 aromatic rings. The highest BCUT2D eigenvalue weighted by Gasteiger charge is 2.14. The number of nitrogens with one attached hydrogen (secondary N) is 1. The fourth-order valence-electron chi connectivity index (χ4n) is 1.83. The minimum Gasteiger partial charge on any atom is -0.480 e. The topological polar surface area (TPSA) is 71.3 Å². The highest BCUT2D eigenvalue weighted by atomic mass is 79.9. The summed E-state index contributed by atoms with van der Waals surface area (Å²) in [5.74, 6) is -1.34. The fraction of sp³-hybridized carbons (Fsp3) is 0.143. The summed E-state index contributed by atoms with van der Waals surface area (Å²) in [5, 5.41) is 11.6. The predicted molar refractivity (Wildman–Crippen MR) is 78.9 cm³/mol. The molecule has 0 bridgehead atoms. The number of halogens is 1. The van der Waals surface area contributed by atoms with Gasteiger partial charge in [-0.05, 0) is 46.6 Å². The Bertz CT molecular complexity index is 664. The summed E-state index contributed by atoms with van der Waals surface area (Å²) < 4.78 is 2.20. The molecular weight excluding hydrogens is 324 g/mol. The van der Waals surface area contributed by atoms with Crippen LogP contribution in [0.25, 0.3) is 0 Å². The van der Waals surface area contributed by atoms with Gasteiger partial charge in [-0.25, -0.2) is 0 Å². The molecule has 0 aliphatic rings. The zero-order valence-corrected chi connectivity index (χ0v) is 12.3. The van der Waals surface area contributed by atoms with Gasteiger partial charge in [0.15, 0.2) is 0 Å². The molecule has 0 saturated heterocycles. The molecule has 0 aliphatic heterocycles. The van der Waals surface area contributed by atoms with Crippen molar-refractivity contribution in [2.24, 2.45) is 0 Å². The molecule has 1 heterocycles. The first-order valence-electron chi connectivity index (χ1n) is 5.92. The van der Waals surface area contributed by atoms with Gasteiger partial charge in [-0.2, -0.15) is 0 Å². The molecule has 0 atom stereocenters. The number of hydrogen-bond donors (Lipinski definition) is 2. The first kappa shape index (κ1) is 14.3. The van der Waals surface area contributed by atoms with Crippen LogP contribution in [-0.2, 0) is 11.3 Å².